The Hall–Kier alpha value is -2.10. The fourth-order valence-electron chi connectivity index (χ4n) is 2.21. The highest BCUT2D eigenvalue weighted by Crippen LogP contribution is 2.20. The van der Waals surface area contributed by atoms with Crippen LogP contribution in [-0.4, -0.2) is 43.5 Å². The highest BCUT2D eigenvalue weighted by Gasteiger charge is 2.17. The summed E-state index contributed by atoms with van der Waals surface area (Å²) in [6.07, 6.45) is 0.291. The van der Waals surface area contributed by atoms with Gasteiger partial charge in [0.05, 0.1) is 23.6 Å². The maximum atomic E-state index is 12.0. The fourth-order valence-corrected chi connectivity index (χ4v) is 2.43. The third-order valence-electron chi connectivity index (χ3n) is 3.61. The lowest BCUT2D eigenvalue weighted by atomic mass is 10.1. The standard InChI is InChI=1S/C17H22ClN3O3/c1-4-21(11-12(2)17(23)24-3)8-7-16(22)20-14-6-5-13(10-19)15(18)9-14/h5-6,9,12H,4,7-8,11H2,1-3H3,(H,20,22). The van der Waals surface area contributed by atoms with Gasteiger partial charge in [-0.25, -0.2) is 0 Å². The molecule has 0 aromatic heterocycles. The molecule has 1 unspecified atom stereocenters. The van der Waals surface area contributed by atoms with Crippen molar-refractivity contribution in [2.45, 2.75) is 20.3 Å². The van der Waals surface area contributed by atoms with Crippen molar-refractivity contribution in [2.75, 3.05) is 32.1 Å². The zero-order valence-electron chi connectivity index (χ0n) is 14.1. The number of carbonyl (C=O) groups is 2. The molecule has 0 aliphatic heterocycles. The van der Waals surface area contributed by atoms with Crippen molar-refractivity contribution in [3.05, 3.63) is 28.8 Å². The summed E-state index contributed by atoms with van der Waals surface area (Å²) in [6.45, 7) is 5.58. The number of ether oxygens (including phenoxy) is 1. The van der Waals surface area contributed by atoms with Crippen molar-refractivity contribution in [2.24, 2.45) is 5.92 Å². The van der Waals surface area contributed by atoms with E-state index in [0.717, 1.165) is 6.54 Å². The van der Waals surface area contributed by atoms with E-state index in [1.165, 1.54) is 7.11 Å². The van der Waals surface area contributed by atoms with Gasteiger partial charge in [-0.3, -0.25) is 9.59 Å². The van der Waals surface area contributed by atoms with E-state index in [0.29, 0.717) is 35.8 Å². The summed E-state index contributed by atoms with van der Waals surface area (Å²) in [5.41, 5.74) is 0.915. The van der Waals surface area contributed by atoms with Crippen molar-refractivity contribution >= 4 is 29.2 Å². The molecule has 0 bridgehead atoms. The number of halogens is 1. The number of amides is 1. The molecular weight excluding hydrogens is 330 g/mol. The molecule has 7 heteroatoms. The molecule has 1 aromatic carbocycles. The van der Waals surface area contributed by atoms with Gasteiger partial charge in [0.15, 0.2) is 0 Å². The summed E-state index contributed by atoms with van der Waals surface area (Å²) in [7, 11) is 1.37. The number of methoxy groups -OCH3 is 1. The zero-order chi connectivity index (χ0) is 18.1. The molecule has 0 aliphatic rings. The Morgan fingerprint density at radius 1 is 1.46 bits per heavy atom. The first kappa shape index (κ1) is 19.9. The minimum atomic E-state index is -0.259. The van der Waals surface area contributed by atoms with Crippen LogP contribution >= 0.6 is 11.6 Å². The minimum absolute atomic E-state index is 0.153. The van der Waals surface area contributed by atoms with E-state index < -0.39 is 0 Å². The van der Waals surface area contributed by atoms with E-state index in [-0.39, 0.29) is 17.8 Å². The lowest BCUT2D eigenvalue weighted by molar-refractivity contribution is -0.145. The monoisotopic (exact) mass is 351 g/mol. The zero-order valence-corrected chi connectivity index (χ0v) is 14.9. The summed E-state index contributed by atoms with van der Waals surface area (Å²) in [5.74, 6) is -0.652. The smallest absolute Gasteiger partial charge is 0.309 e. The Morgan fingerprint density at radius 2 is 2.17 bits per heavy atom. The number of nitriles is 1. The second-order valence-electron chi connectivity index (χ2n) is 5.42. The Kier molecular flexibility index (Phi) is 8.24. The molecule has 6 nitrogen and oxygen atoms in total. The van der Waals surface area contributed by atoms with Gasteiger partial charge >= 0.3 is 5.97 Å². The van der Waals surface area contributed by atoms with Crippen LogP contribution in [0.15, 0.2) is 18.2 Å². The van der Waals surface area contributed by atoms with Gasteiger partial charge in [-0.15, -0.1) is 0 Å². The molecule has 0 spiro atoms. The van der Waals surface area contributed by atoms with Crippen molar-refractivity contribution in [1.29, 1.82) is 5.26 Å². The van der Waals surface area contributed by atoms with Gasteiger partial charge in [0.1, 0.15) is 6.07 Å². The van der Waals surface area contributed by atoms with Crippen LogP contribution in [-0.2, 0) is 14.3 Å². The molecule has 0 aliphatic carbocycles. The molecule has 0 fully saturated rings. The SMILES string of the molecule is CCN(CCC(=O)Nc1ccc(C#N)c(Cl)c1)CC(C)C(=O)OC. The minimum Gasteiger partial charge on any atom is -0.469 e. The lowest BCUT2D eigenvalue weighted by Crippen LogP contribution is -2.34. The van der Waals surface area contributed by atoms with Crippen LogP contribution in [0.1, 0.15) is 25.8 Å². The maximum Gasteiger partial charge on any atom is 0.309 e. The van der Waals surface area contributed by atoms with Crippen molar-refractivity contribution < 1.29 is 14.3 Å². The summed E-state index contributed by atoms with van der Waals surface area (Å²) in [4.78, 5) is 25.5. The molecule has 1 atom stereocenters. The Balaban J connectivity index is 2.51. The second-order valence-corrected chi connectivity index (χ2v) is 5.83. The largest absolute Gasteiger partial charge is 0.469 e. The molecule has 0 saturated carbocycles. The first-order valence-electron chi connectivity index (χ1n) is 7.70. The van der Waals surface area contributed by atoms with Crippen LogP contribution in [0.25, 0.3) is 0 Å². The van der Waals surface area contributed by atoms with Gasteiger partial charge in [-0.1, -0.05) is 25.4 Å². The summed E-state index contributed by atoms with van der Waals surface area (Å²) >= 11 is 5.94. The van der Waals surface area contributed by atoms with Crippen molar-refractivity contribution in [3.8, 4) is 6.07 Å². The highest BCUT2D eigenvalue weighted by molar-refractivity contribution is 6.32. The van der Waals surface area contributed by atoms with Gasteiger partial charge in [0.25, 0.3) is 0 Å². The molecule has 24 heavy (non-hydrogen) atoms. The van der Waals surface area contributed by atoms with E-state index in [1.807, 2.05) is 17.9 Å². The molecule has 1 rings (SSSR count). The van der Waals surface area contributed by atoms with Crippen LogP contribution in [0.3, 0.4) is 0 Å². The fraction of sp³-hybridized carbons (Fsp3) is 0.471. The predicted molar refractivity (Wildman–Crippen MR) is 92.7 cm³/mol. The quantitative estimate of drug-likeness (QED) is 0.728. The van der Waals surface area contributed by atoms with Crippen molar-refractivity contribution in [1.82, 2.24) is 4.90 Å². The van der Waals surface area contributed by atoms with E-state index in [4.69, 9.17) is 21.6 Å². The van der Waals surface area contributed by atoms with Crippen LogP contribution in [0.4, 0.5) is 5.69 Å². The number of esters is 1. The number of hydrogen-bond acceptors (Lipinski definition) is 5. The molecule has 1 amide bonds. The molecule has 0 heterocycles. The number of nitrogens with zero attached hydrogens (tertiary/aromatic N) is 2. The van der Waals surface area contributed by atoms with E-state index in [2.05, 4.69) is 5.32 Å². The molecule has 0 saturated heterocycles. The van der Waals surface area contributed by atoms with E-state index in [9.17, 15) is 9.59 Å². The second kappa shape index (κ2) is 9.91. The van der Waals surface area contributed by atoms with Crippen LogP contribution in [0.2, 0.25) is 5.02 Å². The van der Waals surface area contributed by atoms with Gasteiger partial charge in [0, 0.05) is 25.2 Å². The van der Waals surface area contributed by atoms with Gasteiger partial charge < -0.3 is 15.0 Å². The number of anilines is 1. The number of hydrogen-bond donors (Lipinski definition) is 1. The number of benzene rings is 1. The third-order valence-corrected chi connectivity index (χ3v) is 3.92. The summed E-state index contributed by atoms with van der Waals surface area (Å²) < 4.78 is 4.71. The van der Waals surface area contributed by atoms with Gasteiger partial charge in [-0.05, 0) is 24.7 Å². The first-order chi connectivity index (χ1) is 11.4. The lowest BCUT2D eigenvalue weighted by Gasteiger charge is -2.22. The Labute approximate surface area is 147 Å². The van der Waals surface area contributed by atoms with Crippen LogP contribution in [0, 0.1) is 17.2 Å². The summed E-state index contributed by atoms with van der Waals surface area (Å²) in [5, 5.41) is 11.9. The Bertz CT molecular complexity index is 628. The Morgan fingerprint density at radius 3 is 2.71 bits per heavy atom. The van der Waals surface area contributed by atoms with Crippen molar-refractivity contribution in [3.63, 3.8) is 0 Å². The number of carbonyl (C=O) groups excluding carboxylic acids is 2. The third kappa shape index (κ3) is 6.19. The average molecular weight is 352 g/mol. The number of nitrogens with one attached hydrogen (secondary N) is 1. The van der Waals surface area contributed by atoms with Gasteiger partial charge in [-0.2, -0.15) is 5.26 Å². The molecule has 1 aromatic rings. The highest BCUT2D eigenvalue weighted by atomic mass is 35.5. The first-order valence-corrected chi connectivity index (χ1v) is 8.08. The molecular formula is C17H22ClN3O3. The normalized spacial score (nSPS) is 11.7. The van der Waals surface area contributed by atoms with Crippen LogP contribution < -0.4 is 5.32 Å². The van der Waals surface area contributed by atoms with Gasteiger partial charge in [0.2, 0.25) is 5.91 Å². The van der Waals surface area contributed by atoms with E-state index >= 15 is 0 Å². The maximum absolute atomic E-state index is 12.0. The molecule has 0 radical (unpaired) electrons. The summed E-state index contributed by atoms with van der Waals surface area (Å²) in [6, 6.07) is 6.72. The molecule has 1 N–H and O–H groups in total. The number of rotatable bonds is 8. The topological polar surface area (TPSA) is 82.4 Å². The molecule has 130 valence electrons. The average Bonchev–Trinajstić information content (AvgIpc) is 2.57. The predicted octanol–water partition coefficient (Wildman–Crippen LogP) is 2.67. The van der Waals surface area contributed by atoms with Crippen LogP contribution in [0.5, 0.6) is 0 Å². The van der Waals surface area contributed by atoms with E-state index in [1.54, 1.807) is 25.1 Å².